The Morgan fingerprint density at radius 2 is 1.45 bits per heavy atom. The summed E-state index contributed by atoms with van der Waals surface area (Å²) in [5.74, 6) is 0.697. The number of aromatic amines is 1. The zero-order valence-corrected chi connectivity index (χ0v) is 16.8. The fourth-order valence-electron chi connectivity index (χ4n) is 3.50. The Kier molecular flexibility index (Phi) is 6.10. The molecule has 0 saturated heterocycles. The Balaban J connectivity index is 0.000000294. The largest absolute Gasteiger partial charge is 0.285 e. The van der Waals surface area contributed by atoms with Crippen LogP contribution in [-0.4, -0.2) is 29.9 Å². The van der Waals surface area contributed by atoms with E-state index < -0.39 is 0 Å². The van der Waals surface area contributed by atoms with Gasteiger partial charge in [-0.3, -0.25) is 9.78 Å². The van der Waals surface area contributed by atoms with E-state index in [1.807, 2.05) is 50.2 Å². The van der Waals surface area contributed by atoms with Crippen molar-refractivity contribution in [2.45, 2.75) is 38.5 Å². The lowest BCUT2D eigenvalue weighted by Gasteiger charge is -2.05. The molecule has 1 N–H and O–H groups in total. The molecule has 6 heteroatoms. The first-order valence-corrected chi connectivity index (χ1v) is 10.2. The lowest BCUT2D eigenvalue weighted by molar-refractivity contribution is 0.504. The van der Waals surface area contributed by atoms with Crippen molar-refractivity contribution in [1.82, 2.24) is 29.9 Å². The standard InChI is InChI=1S/C17H14N6.C6H12/c1-23-11-16(10-22-23)12-3-2-4-13(5-12)17-18-6-14(7-19-17)15-8-20-21-9-15;1-2-4-6-5-3-1/h2-11H,1H3,(H,20,21);1-6H2. The molecular formula is C23H26N6. The van der Waals surface area contributed by atoms with Crippen molar-refractivity contribution in [1.29, 1.82) is 0 Å². The number of hydrogen-bond acceptors (Lipinski definition) is 4. The van der Waals surface area contributed by atoms with Gasteiger partial charge in [-0.1, -0.05) is 56.7 Å². The van der Waals surface area contributed by atoms with Gasteiger partial charge in [-0.25, -0.2) is 9.97 Å². The first-order chi connectivity index (χ1) is 14.3. The van der Waals surface area contributed by atoms with Crippen LogP contribution in [0.3, 0.4) is 0 Å². The van der Waals surface area contributed by atoms with Crippen molar-refractivity contribution in [3.63, 3.8) is 0 Å². The van der Waals surface area contributed by atoms with Crippen LogP contribution in [0.4, 0.5) is 0 Å². The second kappa shape index (κ2) is 9.28. The van der Waals surface area contributed by atoms with Crippen LogP contribution in [0.2, 0.25) is 0 Å². The second-order valence-corrected chi connectivity index (χ2v) is 7.39. The molecule has 6 nitrogen and oxygen atoms in total. The monoisotopic (exact) mass is 386 g/mol. The molecular weight excluding hydrogens is 360 g/mol. The van der Waals surface area contributed by atoms with Crippen molar-refractivity contribution in [2.24, 2.45) is 7.05 Å². The quantitative estimate of drug-likeness (QED) is 0.520. The Bertz CT molecular complexity index is 1000. The fourth-order valence-corrected chi connectivity index (χ4v) is 3.50. The van der Waals surface area contributed by atoms with Gasteiger partial charge in [-0.15, -0.1) is 0 Å². The van der Waals surface area contributed by atoms with Gasteiger partial charge in [0.1, 0.15) is 0 Å². The summed E-state index contributed by atoms with van der Waals surface area (Å²) >= 11 is 0. The van der Waals surface area contributed by atoms with Gasteiger partial charge in [0.15, 0.2) is 5.82 Å². The molecule has 29 heavy (non-hydrogen) atoms. The van der Waals surface area contributed by atoms with E-state index in [0.717, 1.165) is 27.8 Å². The van der Waals surface area contributed by atoms with Crippen LogP contribution in [0.5, 0.6) is 0 Å². The maximum atomic E-state index is 4.47. The zero-order chi connectivity index (χ0) is 19.9. The Morgan fingerprint density at radius 3 is 2.03 bits per heavy atom. The molecule has 0 atom stereocenters. The average Bonchev–Trinajstić information content (AvgIpc) is 3.48. The molecule has 1 fully saturated rings. The maximum absolute atomic E-state index is 4.47. The first-order valence-electron chi connectivity index (χ1n) is 10.2. The Morgan fingerprint density at radius 1 is 0.759 bits per heavy atom. The predicted molar refractivity (Wildman–Crippen MR) is 115 cm³/mol. The third-order valence-corrected chi connectivity index (χ3v) is 5.14. The van der Waals surface area contributed by atoms with Crippen LogP contribution in [0.15, 0.2) is 61.4 Å². The zero-order valence-electron chi connectivity index (χ0n) is 16.8. The molecule has 0 radical (unpaired) electrons. The molecule has 0 unspecified atom stereocenters. The van der Waals surface area contributed by atoms with E-state index >= 15 is 0 Å². The topological polar surface area (TPSA) is 72.3 Å². The molecule has 148 valence electrons. The maximum Gasteiger partial charge on any atom is 0.159 e. The summed E-state index contributed by atoms with van der Waals surface area (Å²) in [6.45, 7) is 0. The minimum atomic E-state index is 0.697. The molecule has 1 saturated carbocycles. The van der Waals surface area contributed by atoms with Gasteiger partial charge in [0.25, 0.3) is 0 Å². The van der Waals surface area contributed by atoms with E-state index in [1.54, 1.807) is 10.9 Å². The van der Waals surface area contributed by atoms with Crippen molar-refractivity contribution in [2.75, 3.05) is 0 Å². The summed E-state index contributed by atoms with van der Waals surface area (Å²) in [5.41, 5.74) is 5.05. The number of benzene rings is 1. The Labute approximate surface area is 171 Å². The number of aromatic nitrogens is 6. The average molecular weight is 387 g/mol. The van der Waals surface area contributed by atoms with Gasteiger partial charge in [0, 0.05) is 54.1 Å². The van der Waals surface area contributed by atoms with Gasteiger partial charge in [0.05, 0.1) is 12.4 Å². The SMILES string of the molecule is C1CCCCC1.Cn1cc(-c2cccc(-c3ncc(-c4cn[nH]c4)cn3)c2)cn1. The number of aryl methyl sites for hydroxylation is 1. The highest BCUT2D eigenvalue weighted by atomic mass is 15.2. The highest BCUT2D eigenvalue weighted by molar-refractivity contribution is 5.70. The molecule has 3 heterocycles. The van der Waals surface area contributed by atoms with E-state index in [0.29, 0.717) is 5.82 Å². The summed E-state index contributed by atoms with van der Waals surface area (Å²) in [4.78, 5) is 8.94. The van der Waals surface area contributed by atoms with E-state index in [2.05, 4.69) is 37.4 Å². The van der Waals surface area contributed by atoms with Gasteiger partial charge in [-0.05, 0) is 11.6 Å². The number of H-pyrrole nitrogens is 1. The highest BCUT2D eigenvalue weighted by Gasteiger charge is 2.06. The first kappa shape index (κ1) is 19.1. The second-order valence-electron chi connectivity index (χ2n) is 7.39. The van der Waals surface area contributed by atoms with Crippen molar-refractivity contribution < 1.29 is 0 Å². The smallest absolute Gasteiger partial charge is 0.159 e. The molecule has 5 rings (SSSR count). The van der Waals surface area contributed by atoms with Crippen molar-refractivity contribution in [3.8, 4) is 33.6 Å². The van der Waals surface area contributed by atoms with E-state index in [-0.39, 0.29) is 0 Å². The minimum Gasteiger partial charge on any atom is -0.285 e. The van der Waals surface area contributed by atoms with Crippen LogP contribution in [0.1, 0.15) is 38.5 Å². The molecule has 1 aliphatic rings. The van der Waals surface area contributed by atoms with Gasteiger partial charge in [-0.2, -0.15) is 10.2 Å². The summed E-state index contributed by atoms with van der Waals surface area (Å²) < 4.78 is 1.79. The lowest BCUT2D eigenvalue weighted by Crippen LogP contribution is -1.90. The number of rotatable bonds is 3. The molecule has 3 aromatic heterocycles. The fraction of sp³-hybridized carbons (Fsp3) is 0.304. The van der Waals surface area contributed by atoms with Crippen molar-refractivity contribution >= 4 is 0 Å². The lowest BCUT2D eigenvalue weighted by atomic mass is 10.0. The normalized spacial score (nSPS) is 13.6. The molecule has 0 spiro atoms. The van der Waals surface area contributed by atoms with Crippen LogP contribution in [0.25, 0.3) is 33.6 Å². The summed E-state index contributed by atoms with van der Waals surface area (Å²) in [6.07, 6.45) is 20.0. The third-order valence-electron chi connectivity index (χ3n) is 5.14. The van der Waals surface area contributed by atoms with Crippen LogP contribution < -0.4 is 0 Å². The number of hydrogen-bond donors (Lipinski definition) is 1. The number of nitrogens with zero attached hydrogens (tertiary/aromatic N) is 5. The third kappa shape index (κ3) is 4.96. The van der Waals surface area contributed by atoms with Crippen LogP contribution in [-0.2, 0) is 7.05 Å². The van der Waals surface area contributed by atoms with Gasteiger partial charge in [0.2, 0.25) is 0 Å². The number of nitrogens with one attached hydrogen (secondary N) is 1. The van der Waals surface area contributed by atoms with E-state index in [9.17, 15) is 0 Å². The minimum absolute atomic E-state index is 0.697. The van der Waals surface area contributed by atoms with E-state index in [4.69, 9.17) is 0 Å². The van der Waals surface area contributed by atoms with E-state index in [1.165, 1.54) is 38.5 Å². The summed E-state index contributed by atoms with van der Waals surface area (Å²) in [7, 11) is 1.91. The van der Waals surface area contributed by atoms with Gasteiger partial charge < -0.3 is 0 Å². The van der Waals surface area contributed by atoms with Crippen molar-refractivity contribution in [3.05, 3.63) is 61.4 Å². The Hall–Kier alpha value is -3.28. The predicted octanol–water partition coefficient (Wildman–Crippen LogP) is 5.27. The summed E-state index contributed by atoms with van der Waals surface area (Å²) in [6, 6.07) is 8.14. The van der Waals surface area contributed by atoms with Crippen LogP contribution in [0, 0.1) is 0 Å². The van der Waals surface area contributed by atoms with Gasteiger partial charge >= 0.3 is 0 Å². The molecule has 0 amide bonds. The summed E-state index contributed by atoms with van der Waals surface area (Å²) in [5, 5.41) is 10.9. The molecule has 0 aliphatic heterocycles. The molecule has 0 bridgehead atoms. The molecule has 1 aliphatic carbocycles. The highest BCUT2D eigenvalue weighted by Crippen LogP contribution is 2.25. The molecule has 1 aromatic carbocycles. The molecule has 4 aromatic rings. The van der Waals surface area contributed by atoms with Crippen LogP contribution >= 0.6 is 0 Å².